The average molecular weight is 214 g/mol. The first-order chi connectivity index (χ1) is 7.19. The predicted octanol–water partition coefficient (Wildman–Crippen LogP) is 2.72. The van der Waals surface area contributed by atoms with Crippen molar-refractivity contribution in [2.75, 3.05) is 0 Å². The second-order valence-corrected chi connectivity index (χ2v) is 3.78. The Morgan fingerprint density at radius 3 is 2.33 bits per heavy atom. The van der Waals surface area contributed by atoms with Crippen molar-refractivity contribution in [1.29, 1.82) is 0 Å². The number of aldehydes is 1. The van der Waals surface area contributed by atoms with E-state index in [2.05, 4.69) is 0 Å². The predicted molar refractivity (Wildman–Crippen MR) is 59.5 cm³/mol. The number of esters is 1. The van der Waals surface area contributed by atoms with Crippen LogP contribution in [-0.2, 0) is 14.3 Å². The lowest BCUT2D eigenvalue weighted by Crippen LogP contribution is -2.27. The Kier molecular flexibility index (Phi) is 7.96. The van der Waals surface area contributed by atoms with Gasteiger partial charge in [0.15, 0.2) is 0 Å². The Labute approximate surface area is 92.2 Å². The van der Waals surface area contributed by atoms with Crippen molar-refractivity contribution < 1.29 is 14.3 Å². The van der Waals surface area contributed by atoms with Crippen LogP contribution < -0.4 is 0 Å². The second-order valence-electron chi connectivity index (χ2n) is 3.78. The molecular weight excluding hydrogens is 192 g/mol. The largest absolute Gasteiger partial charge is 0.462 e. The molecule has 0 aromatic rings. The lowest BCUT2D eigenvalue weighted by molar-refractivity contribution is -0.152. The molecule has 2 unspecified atom stereocenters. The van der Waals surface area contributed by atoms with Crippen LogP contribution in [0.5, 0.6) is 0 Å². The highest BCUT2D eigenvalue weighted by Crippen LogP contribution is 2.16. The van der Waals surface area contributed by atoms with Crippen molar-refractivity contribution in [2.45, 2.75) is 59.0 Å². The molecule has 0 spiro atoms. The van der Waals surface area contributed by atoms with E-state index >= 15 is 0 Å². The fourth-order valence-corrected chi connectivity index (χ4v) is 1.52. The van der Waals surface area contributed by atoms with E-state index in [0.717, 1.165) is 32.0 Å². The molecule has 0 aliphatic rings. The van der Waals surface area contributed by atoms with Crippen LogP contribution in [0.4, 0.5) is 0 Å². The van der Waals surface area contributed by atoms with Crippen molar-refractivity contribution >= 4 is 12.3 Å². The smallest absolute Gasteiger partial charge is 0.306 e. The van der Waals surface area contributed by atoms with Gasteiger partial charge in [-0.2, -0.15) is 0 Å². The summed E-state index contributed by atoms with van der Waals surface area (Å²) in [5, 5.41) is 0. The van der Waals surface area contributed by atoms with Crippen molar-refractivity contribution in [2.24, 2.45) is 5.92 Å². The van der Waals surface area contributed by atoms with Crippen LogP contribution in [0, 0.1) is 5.92 Å². The zero-order valence-electron chi connectivity index (χ0n) is 9.99. The number of hydrogen-bond donors (Lipinski definition) is 0. The summed E-state index contributed by atoms with van der Waals surface area (Å²) in [6.45, 7) is 5.90. The first kappa shape index (κ1) is 14.1. The summed E-state index contributed by atoms with van der Waals surface area (Å²) in [5.74, 6) is -0.331. The summed E-state index contributed by atoms with van der Waals surface area (Å²) in [4.78, 5) is 22.1. The van der Waals surface area contributed by atoms with Crippen molar-refractivity contribution in [1.82, 2.24) is 0 Å². The third-order valence-electron chi connectivity index (χ3n) is 2.43. The third-order valence-corrected chi connectivity index (χ3v) is 2.43. The SMILES string of the molecule is CCCC(=O)OC(CCC)C(C=O)CC. The Morgan fingerprint density at radius 1 is 1.27 bits per heavy atom. The van der Waals surface area contributed by atoms with Crippen LogP contribution in [-0.4, -0.2) is 18.4 Å². The molecule has 0 amide bonds. The first-order valence-electron chi connectivity index (χ1n) is 5.84. The molecule has 3 heteroatoms. The van der Waals surface area contributed by atoms with E-state index in [-0.39, 0.29) is 18.0 Å². The monoisotopic (exact) mass is 214 g/mol. The number of hydrogen-bond acceptors (Lipinski definition) is 3. The van der Waals surface area contributed by atoms with Crippen LogP contribution in [0.25, 0.3) is 0 Å². The normalized spacial score (nSPS) is 14.3. The van der Waals surface area contributed by atoms with E-state index in [4.69, 9.17) is 4.74 Å². The minimum atomic E-state index is -0.225. The minimum Gasteiger partial charge on any atom is -0.462 e. The van der Waals surface area contributed by atoms with Gasteiger partial charge in [0, 0.05) is 6.42 Å². The molecule has 0 radical (unpaired) electrons. The van der Waals surface area contributed by atoms with Crippen LogP contribution in [0.15, 0.2) is 0 Å². The first-order valence-corrected chi connectivity index (χ1v) is 5.84. The molecule has 0 aromatic carbocycles. The molecule has 88 valence electrons. The van der Waals surface area contributed by atoms with E-state index in [1.807, 2.05) is 20.8 Å². The Bertz CT molecular complexity index is 189. The Hall–Kier alpha value is -0.860. The minimum absolute atomic E-state index is 0.147. The summed E-state index contributed by atoms with van der Waals surface area (Å²) in [6.07, 6.45) is 4.33. The Balaban J connectivity index is 4.24. The Morgan fingerprint density at radius 2 is 1.93 bits per heavy atom. The van der Waals surface area contributed by atoms with Crippen LogP contribution >= 0.6 is 0 Å². The fourth-order valence-electron chi connectivity index (χ4n) is 1.52. The maximum Gasteiger partial charge on any atom is 0.306 e. The van der Waals surface area contributed by atoms with Crippen molar-refractivity contribution in [3.8, 4) is 0 Å². The molecule has 0 aliphatic heterocycles. The van der Waals surface area contributed by atoms with Gasteiger partial charge >= 0.3 is 5.97 Å². The molecule has 0 rings (SSSR count). The van der Waals surface area contributed by atoms with E-state index < -0.39 is 0 Å². The maximum atomic E-state index is 11.3. The number of carbonyl (C=O) groups excluding carboxylic acids is 2. The zero-order chi connectivity index (χ0) is 11.7. The van der Waals surface area contributed by atoms with Gasteiger partial charge in [0.1, 0.15) is 12.4 Å². The van der Waals surface area contributed by atoms with E-state index in [1.165, 1.54) is 0 Å². The van der Waals surface area contributed by atoms with Crippen molar-refractivity contribution in [3.63, 3.8) is 0 Å². The van der Waals surface area contributed by atoms with Gasteiger partial charge in [-0.15, -0.1) is 0 Å². The third kappa shape index (κ3) is 5.55. The van der Waals surface area contributed by atoms with E-state index in [9.17, 15) is 9.59 Å². The maximum absolute atomic E-state index is 11.3. The highest BCUT2D eigenvalue weighted by Gasteiger charge is 2.22. The van der Waals surface area contributed by atoms with E-state index in [0.29, 0.717) is 6.42 Å². The van der Waals surface area contributed by atoms with Gasteiger partial charge in [-0.3, -0.25) is 4.79 Å². The topological polar surface area (TPSA) is 43.4 Å². The molecule has 0 aromatic heterocycles. The molecule has 0 N–H and O–H groups in total. The molecule has 0 fully saturated rings. The standard InChI is InChI=1S/C12H22O3/c1-4-7-11(10(6-3)9-13)15-12(14)8-5-2/h9-11H,4-8H2,1-3H3. The van der Waals surface area contributed by atoms with Gasteiger partial charge < -0.3 is 9.53 Å². The van der Waals surface area contributed by atoms with E-state index in [1.54, 1.807) is 0 Å². The summed E-state index contributed by atoms with van der Waals surface area (Å²) in [7, 11) is 0. The summed E-state index contributed by atoms with van der Waals surface area (Å²) in [5.41, 5.74) is 0. The van der Waals surface area contributed by atoms with Gasteiger partial charge in [0.25, 0.3) is 0 Å². The molecule has 0 saturated heterocycles. The number of carbonyl (C=O) groups is 2. The van der Waals surface area contributed by atoms with Crippen molar-refractivity contribution in [3.05, 3.63) is 0 Å². The van der Waals surface area contributed by atoms with Gasteiger partial charge in [-0.25, -0.2) is 0 Å². The summed E-state index contributed by atoms with van der Waals surface area (Å²) >= 11 is 0. The average Bonchev–Trinajstić information content (AvgIpc) is 2.20. The molecule has 0 saturated carbocycles. The van der Waals surface area contributed by atoms with Gasteiger partial charge in [0.2, 0.25) is 0 Å². The highest BCUT2D eigenvalue weighted by molar-refractivity contribution is 5.70. The van der Waals surface area contributed by atoms with Gasteiger partial charge in [-0.05, 0) is 19.3 Å². The highest BCUT2D eigenvalue weighted by atomic mass is 16.5. The van der Waals surface area contributed by atoms with Crippen LogP contribution in [0.3, 0.4) is 0 Å². The van der Waals surface area contributed by atoms with Gasteiger partial charge in [-0.1, -0.05) is 27.2 Å². The molecule has 0 heterocycles. The molecule has 2 atom stereocenters. The zero-order valence-corrected chi connectivity index (χ0v) is 9.99. The lowest BCUT2D eigenvalue weighted by atomic mass is 9.97. The lowest BCUT2D eigenvalue weighted by Gasteiger charge is -2.21. The molecular formula is C12H22O3. The molecule has 15 heavy (non-hydrogen) atoms. The summed E-state index contributed by atoms with van der Waals surface area (Å²) < 4.78 is 5.31. The van der Waals surface area contributed by atoms with Crippen LogP contribution in [0.2, 0.25) is 0 Å². The quantitative estimate of drug-likeness (QED) is 0.461. The summed E-state index contributed by atoms with van der Waals surface area (Å²) in [6, 6.07) is 0. The fraction of sp³-hybridized carbons (Fsp3) is 0.833. The van der Waals surface area contributed by atoms with Crippen LogP contribution in [0.1, 0.15) is 52.9 Å². The molecule has 0 bridgehead atoms. The molecule has 3 nitrogen and oxygen atoms in total. The molecule has 0 aliphatic carbocycles. The van der Waals surface area contributed by atoms with Gasteiger partial charge in [0.05, 0.1) is 5.92 Å². The number of rotatable bonds is 8. The second kappa shape index (κ2) is 8.45. The number of ether oxygens (including phenoxy) is 1.